The van der Waals surface area contributed by atoms with Crippen molar-refractivity contribution in [3.05, 3.63) is 64.4 Å². The van der Waals surface area contributed by atoms with E-state index < -0.39 is 0 Å². The van der Waals surface area contributed by atoms with Gasteiger partial charge in [0.1, 0.15) is 0 Å². The van der Waals surface area contributed by atoms with E-state index in [1.165, 1.54) is 11.1 Å². The molecule has 0 radical (unpaired) electrons. The van der Waals surface area contributed by atoms with Crippen molar-refractivity contribution < 1.29 is 0 Å². The summed E-state index contributed by atoms with van der Waals surface area (Å²) in [5.74, 6) is 0. The lowest BCUT2D eigenvalue weighted by Gasteiger charge is -2.29. The Kier molecular flexibility index (Phi) is 4.15. The maximum atomic E-state index is 6.01. The molecule has 1 heterocycles. The largest absolute Gasteiger partial charge is 0.330 e. The molecule has 1 unspecified atom stereocenters. The third kappa shape index (κ3) is 2.98. The van der Waals surface area contributed by atoms with Gasteiger partial charge in [-0.3, -0.25) is 4.98 Å². The third-order valence-corrected chi connectivity index (χ3v) is 3.81. The molecule has 0 aliphatic heterocycles. The molecule has 0 bridgehead atoms. The van der Waals surface area contributed by atoms with E-state index in [0.29, 0.717) is 6.54 Å². The zero-order valence-corrected chi connectivity index (χ0v) is 12.0. The normalized spacial score (nSPS) is 14.2. The van der Waals surface area contributed by atoms with Crippen LogP contribution in [0.5, 0.6) is 0 Å². The molecule has 1 atom stereocenters. The van der Waals surface area contributed by atoms with Crippen molar-refractivity contribution in [2.24, 2.45) is 5.73 Å². The van der Waals surface area contributed by atoms with Gasteiger partial charge < -0.3 is 5.73 Å². The molecule has 2 nitrogen and oxygen atoms in total. The Morgan fingerprint density at radius 1 is 1.22 bits per heavy atom. The molecule has 0 amide bonds. The fourth-order valence-electron chi connectivity index (χ4n) is 2.11. The minimum atomic E-state index is -0.0505. The SMILES string of the molecule is CC(CN)(Cc1ccncc1)c1cccc(Br)c1. The van der Waals surface area contributed by atoms with Crippen molar-refractivity contribution in [3.63, 3.8) is 0 Å². The molecular formula is C15H17BrN2. The van der Waals surface area contributed by atoms with E-state index in [1.807, 2.05) is 30.6 Å². The number of halogens is 1. The summed E-state index contributed by atoms with van der Waals surface area (Å²) >= 11 is 3.52. The number of nitrogens with two attached hydrogens (primary N) is 1. The topological polar surface area (TPSA) is 38.9 Å². The highest BCUT2D eigenvalue weighted by Gasteiger charge is 2.25. The van der Waals surface area contributed by atoms with Crippen molar-refractivity contribution in [2.45, 2.75) is 18.8 Å². The summed E-state index contributed by atoms with van der Waals surface area (Å²) in [6.45, 7) is 2.82. The maximum absolute atomic E-state index is 6.01. The number of rotatable bonds is 4. The van der Waals surface area contributed by atoms with Gasteiger partial charge in [0.15, 0.2) is 0 Å². The van der Waals surface area contributed by atoms with Crippen LogP contribution in [0.15, 0.2) is 53.3 Å². The van der Waals surface area contributed by atoms with Gasteiger partial charge >= 0.3 is 0 Å². The van der Waals surface area contributed by atoms with E-state index in [-0.39, 0.29) is 5.41 Å². The molecule has 94 valence electrons. The minimum Gasteiger partial charge on any atom is -0.330 e. The molecule has 0 aliphatic carbocycles. The van der Waals surface area contributed by atoms with Gasteiger partial charge in [0.05, 0.1) is 0 Å². The first kappa shape index (κ1) is 13.2. The van der Waals surface area contributed by atoms with Crippen LogP contribution < -0.4 is 5.73 Å². The lowest BCUT2D eigenvalue weighted by atomic mass is 9.77. The van der Waals surface area contributed by atoms with Crippen LogP contribution in [0.1, 0.15) is 18.1 Å². The first-order valence-corrected chi connectivity index (χ1v) is 6.78. The average molecular weight is 305 g/mol. The zero-order chi connectivity index (χ0) is 13.0. The Hall–Kier alpha value is -1.19. The Bertz CT molecular complexity index is 513. The van der Waals surface area contributed by atoms with E-state index in [4.69, 9.17) is 5.73 Å². The highest BCUT2D eigenvalue weighted by Crippen LogP contribution is 2.28. The van der Waals surface area contributed by atoms with Gasteiger partial charge in [-0.15, -0.1) is 0 Å². The van der Waals surface area contributed by atoms with E-state index in [9.17, 15) is 0 Å². The predicted molar refractivity (Wildman–Crippen MR) is 78.5 cm³/mol. The monoisotopic (exact) mass is 304 g/mol. The van der Waals surface area contributed by atoms with Crippen molar-refractivity contribution in [1.29, 1.82) is 0 Å². The Balaban J connectivity index is 2.31. The standard InChI is InChI=1S/C15H17BrN2/c1-15(11-17,10-12-5-7-18-8-6-12)13-3-2-4-14(16)9-13/h2-9H,10-11,17H2,1H3. The summed E-state index contributed by atoms with van der Waals surface area (Å²) in [6.07, 6.45) is 4.57. The van der Waals surface area contributed by atoms with Crippen molar-refractivity contribution in [3.8, 4) is 0 Å². The molecule has 3 heteroatoms. The van der Waals surface area contributed by atoms with Crippen LogP contribution in [0.3, 0.4) is 0 Å². The summed E-state index contributed by atoms with van der Waals surface area (Å²) in [5.41, 5.74) is 8.48. The quantitative estimate of drug-likeness (QED) is 0.941. The van der Waals surface area contributed by atoms with Gasteiger partial charge in [-0.25, -0.2) is 0 Å². The predicted octanol–water partition coefficient (Wildman–Crippen LogP) is 3.30. The summed E-state index contributed by atoms with van der Waals surface area (Å²) in [7, 11) is 0. The number of nitrogens with zero attached hydrogens (tertiary/aromatic N) is 1. The number of benzene rings is 1. The highest BCUT2D eigenvalue weighted by molar-refractivity contribution is 9.10. The fourth-order valence-corrected chi connectivity index (χ4v) is 2.51. The second kappa shape index (κ2) is 5.63. The summed E-state index contributed by atoms with van der Waals surface area (Å²) in [4.78, 5) is 4.05. The lowest BCUT2D eigenvalue weighted by molar-refractivity contribution is 0.480. The first-order valence-electron chi connectivity index (χ1n) is 5.99. The van der Waals surface area contributed by atoms with Gasteiger partial charge in [0.2, 0.25) is 0 Å². The molecule has 1 aromatic heterocycles. The summed E-state index contributed by atoms with van der Waals surface area (Å²) in [5, 5.41) is 0. The first-order chi connectivity index (χ1) is 8.64. The lowest BCUT2D eigenvalue weighted by Crippen LogP contribution is -2.34. The summed E-state index contributed by atoms with van der Waals surface area (Å²) in [6, 6.07) is 12.5. The van der Waals surface area contributed by atoms with Crippen LogP contribution in [0.2, 0.25) is 0 Å². The van der Waals surface area contributed by atoms with Gasteiger partial charge in [-0.1, -0.05) is 35.0 Å². The molecule has 1 aromatic carbocycles. The van der Waals surface area contributed by atoms with Crippen LogP contribution in [0, 0.1) is 0 Å². The Morgan fingerprint density at radius 3 is 2.56 bits per heavy atom. The molecule has 2 rings (SSSR count). The molecule has 0 saturated heterocycles. The Morgan fingerprint density at radius 2 is 1.94 bits per heavy atom. The molecular weight excluding hydrogens is 288 g/mol. The summed E-state index contributed by atoms with van der Waals surface area (Å²) < 4.78 is 1.09. The second-order valence-electron chi connectivity index (χ2n) is 4.81. The van der Waals surface area contributed by atoms with Crippen molar-refractivity contribution in [2.75, 3.05) is 6.54 Å². The van der Waals surface area contributed by atoms with Crippen molar-refractivity contribution in [1.82, 2.24) is 4.98 Å². The van der Waals surface area contributed by atoms with E-state index in [1.54, 1.807) is 0 Å². The number of aromatic nitrogens is 1. The number of pyridine rings is 1. The zero-order valence-electron chi connectivity index (χ0n) is 10.4. The van der Waals surface area contributed by atoms with Crippen LogP contribution in [0.25, 0.3) is 0 Å². The molecule has 0 spiro atoms. The van der Waals surface area contributed by atoms with Crippen molar-refractivity contribution >= 4 is 15.9 Å². The number of hydrogen-bond acceptors (Lipinski definition) is 2. The molecule has 2 aromatic rings. The van der Waals surface area contributed by atoms with Gasteiger partial charge in [-0.2, -0.15) is 0 Å². The maximum Gasteiger partial charge on any atom is 0.0270 e. The van der Waals surface area contributed by atoms with E-state index in [0.717, 1.165) is 10.9 Å². The highest BCUT2D eigenvalue weighted by atomic mass is 79.9. The molecule has 2 N–H and O–H groups in total. The molecule has 0 fully saturated rings. The third-order valence-electron chi connectivity index (χ3n) is 3.32. The van der Waals surface area contributed by atoms with Gasteiger partial charge in [0, 0.05) is 28.8 Å². The molecule has 0 aliphatic rings. The molecule has 0 saturated carbocycles. The smallest absolute Gasteiger partial charge is 0.0270 e. The minimum absolute atomic E-state index is 0.0505. The van der Waals surface area contributed by atoms with E-state index >= 15 is 0 Å². The fraction of sp³-hybridized carbons (Fsp3) is 0.267. The second-order valence-corrected chi connectivity index (χ2v) is 5.72. The number of hydrogen-bond donors (Lipinski definition) is 1. The van der Waals surface area contributed by atoms with Crippen LogP contribution in [-0.4, -0.2) is 11.5 Å². The average Bonchev–Trinajstić information content (AvgIpc) is 2.40. The van der Waals surface area contributed by atoms with Gasteiger partial charge in [0.25, 0.3) is 0 Å². The van der Waals surface area contributed by atoms with Crippen LogP contribution in [0.4, 0.5) is 0 Å². The van der Waals surface area contributed by atoms with E-state index in [2.05, 4.69) is 46.0 Å². The van der Waals surface area contributed by atoms with Crippen LogP contribution >= 0.6 is 15.9 Å². The Labute approximate surface area is 116 Å². The van der Waals surface area contributed by atoms with Gasteiger partial charge in [-0.05, 0) is 41.8 Å². The molecule has 18 heavy (non-hydrogen) atoms. The van der Waals surface area contributed by atoms with Crippen LogP contribution in [-0.2, 0) is 11.8 Å².